The van der Waals surface area contributed by atoms with E-state index in [0.717, 1.165) is 6.42 Å². The molecule has 1 aliphatic carbocycles. The van der Waals surface area contributed by atoms with Gasteiger partial charge in [-0.3, -0.25) is 0 Å². The number of rotatable bonds is 2. The van der Waals surface area contributed by atoms with E-state index in [1.54, 1.807) is 0 Å². The van der Waals surface area contributed by atoms with Crippen molar-refractivity contribution in [2.75, 3.05) is 0 Å². The van der Waals surface area contributed by atoms with Crippen LogP contribution in [0.2, 0.25) is 0 Å². The summed E-state index contributed by atoms with van der Waals surface area (Å²) in [5.74, 6) is 1.42. The van der Waals surface area contributed by atoms with Crippen LogP contribution in [-0.2, 0) is 25.0 Å². The molecule has 19 heavy (non-hydrogen) atoms. The molecule has 0 atom stereocenters. The first-order chi connectivity index (χ1) is 9.35. The first-order valence-corrected chi connectivity index (χ1v) is 17.2. The summed E-state index contributed by atoms with van der Waals surface area (Å²) in [6.45, 7) is 0. The second-order valence-electron chi connectivity index (χ2n) is 4.18. The van der Waals surface area contributed by atoms with Crippen molar-refractivity contribution in [3.05, 3.63) is 83.3 Å². The van der Waals surface area contributed by atoms with Gasteiger partial charge in [0.2, 0.25) is 0 Å². The van der Waals surface area contributed by atoms with Gasteiger partial charge in [0.15, 0.2) is 0 Å². The van der Waals surface area contributed by atoms with Crippen molar-refractivity contribution in [3.63, 3.8) is 0 Å². The van der Waals surface area contributed by atoms with E-state index in [1.807, 2.05) is 0 Å². The fourth-order valence-corrected chi connectivity index (χ4v) is 2.18. The Morgan fingerprint density at radius 3 is 2.16 bits per heavy atom. The Labute approximate surface area is 137 Å². The average molecular weight is 456 g/mol. The molecule has 2 aromatic rings. The molecular weight excluding hydrogens is 443 g/mol. The van der Waals surface area contributed by atoms with Gasteiger partial charge >= 0.3 is 43.0 Å². The minimum atomic E-state index is -0.145. The molecule has 0 spiro atoms. The molecule has 0 bridgehead atoms. The van der Waals surface area contributed by atoms with Crippen molar-refractivity contribution in [1.82, 2.24) is 0 Å². The SMILES string of the molecule is C1=Cc2ccccc2[C]1Cc1ccccc1.[Br][Zr][Br]. The topological polar surface area (TPSA) is 0 Å². The first kappa shape index (κ1) is 15.4. The van der Waals surface area contributed by atoms with Gasteiger partial charge in [-0.1, -0.05) is 66.7 Å². The van der Waals surface area contributed by atoms with Crippen LogP contribution >= 0.6 is 24.4 Å². The van der Waals surface area contributed by atoms with Gasteiger partial charge in [-0.25, -0.2) is 0 Å². The van der Waals surface area contributed by atoms with Crippen molar-refractivity contribution in [1.29, 1.82) is 0 Å². The molecule has 2 aromatic carbocycles. The number of allylic oxidation sites excluding steroid dienone is 1. The van der Waals surface area contributed by atoms with E-state index in [1.165, 1.54) is 22.6 Å². The zero-order valence-corrected chi connectivity index (χ0v) is 15.9. The van der Waals surface area contributed by atoms with Crippen LogP contribution in [0.15, 0.2) is 60.7 Å². The Hall–Kier alpha value is 0.0231. The standard InChI is InChI=1S/C16H13.2BrH.Zr/c1-2-6-13(7-3-1)12-15-11-10-14-8-4-5-9-16(14)15;;;/h1-11H,12H2;2*1H;/q;;;+2/p-2. The average Bonchev–Trinajstić information content (AvgIpc) is 2.85. The summed E-state index contributed by atoms with van der Waals surface area (Å²) in [4.78, 5) is 0. The Balaban J connectivity index is 0.000000408. The summed E-state index contributed by atoms with van der Waals surface area (Å²) in [6, 6.07) is 19.2. The predicted octanol–water partition coefficient (Wildman–Crippen LogP) is 5.57. The summed E-state index contributed by atoms with van der Waals surface area (Å²) in [5, 5.41) is 0. The van der Waals surface area contributed by atoms with Crippen LogP contribution in [0.1, 0.15) is 16.7 Å². The molecule has 95 valence electrons. The van der Waals surface area contributed by atoms with E-state index < -0.39 is 0 Å². The molecule has 0 aromatic heterocycles. The zero-order chi connectivity index (χ0) is 13.5. The van der Waals surface area contributed by atoms with Crippen molar-refractivity contribution in [3.8, 4) is 0 Å². The van der Waals surface area contributed by atoms with Gasteiger partial charge in [0.25, 0.3) is 0 Å². The van der Waals surface area contributed by atoms with Gasteiger partial charge in [0.1, 0.15) is 0 Å². The Kier molecular flexibility index (Phi) is 6.77. The summed E-state index contributed by atoms with van der Waals surface area (Å²) < 4.78 is 0. The molecule has 0 amide bonds. The number of fused-ring (bicyclic) bond motifs is 1. The quantitative estimate of drug-likeness (QED) is 0.555. The van der Waals surface area contributed by atoms with Crippen LogP contribution in [0.3, 0.4) is 0 Å². The van der Waals surface area contributed by atoms with E-state index in [9.17, 15) is 0 Å². The van der Waals surface area contributed by atoms with Gasteiger partial charge < -0.3 is 0 Å². The molecule has 0 heterocycles. The molecule has 0 fully saturated rings. The molecule has 0 N–H and O–H groups in total. The third-order valence-electron chi connectivity index (χ3n) is 3.01. The summed E-state index contributed by atoms with van der Waals surface area (Å²) >= 11 is 6.32. The van der Waals surface area contributed by atoms with E-state index in [4.69, 9.17) is 0 Å². The van der Waals surface area contributed by atoms with Crippen LogP contribution in [0.25, 0.3) is 6.08 Å². The first-order valence-electron chi connectivity index (χ1n) is 5.98. The molecule has 0 saturated carbocycles. The van der Waals surface area contributed by atoms with E-state index in [0.29, 0.717) is 0 Å². The van der Waals surface area contributed by atoms with Crippen molar-refractivity contribution < 1.29 is 18.5 Å². The number of hydrogen-bond acceptors (Lipinski definition) is 0. The fourth-order valence-electron chi connectivity index (χ4n) is 2.18. The summed E-state index contributed by atoms with van der Waals surface area (Å²) in [5.41, 5.74) is 4.10. The molecule has 0 saturated heterocycles. The van der Waals surface area contributed by atoms with E-state index in [-0.39, 0.29) is 18.5 Å². The second kappa shape index (κ2) is 8.34. The van der Waals surface area contributed by atoms with Crippen molar-refractivity contribution >= 4 is 30.5 Å². The maximum absolute atomic E-state index is 3.23. The summed E-state index contributed by atoms with van der Waals surface area (Å²) in [7, 11) is 0. The van der Waals surface area contributed by atoms with Crippen molar-refractivity contribution in [2.45, 2.75) is 6.42 Å². The second-order valence-corrected chi connectivity index (χ2v) is 15.5. The third-order valence-corrected chi connectivity index (χ3v) is 3.01. The van der Waals surface area contributed by atoms with Gasteiger partial charge in [0, 0.05) is 5.92 Å². The van der Waals surface area contributed by atoms with Gasteiger partial charge in [-0.15, -0.1) is 0 Å². The number of halogens is 2. The van der Waals surface area contributed by atoms with Gasteiger partial charge in [-0.05, 0) is 23.1 Å². The van der Waals surface area contributed by atoms with Crippen LogP contribution in [-0.4, -0.2) is 0 Å². The molecular formula is C16H13Br2Zr. The van der Waals surface area contributed by atoms with Crippen LogP contribution in [0.5, 0.6) is 0 Å². The summed E-state index contributed by atoms with van der Waals surface area (Å²) in [6.07, 6.45) is 5.46. The molecule has 0 nitrogen and oxygen atoms in total. The zero-order valence-electron chi connectivity index (χ0n) is 10.3. The molecule has 3 heteroatoms. The van der Waals surface area contributed by atoms with Gasteiger partial charge in [-0.2, -0.15) is 0 Å². The fraction of sp³-hybridized carbons (Fsp3) is 0.0625. The van der Waals surface area contributed by atoms with Crippen LogP contribution < -0.4 is 0 Å². The molecule has 1 aliphatic rings. The molecule has 3 rings (SSSR count). The Morgan fingerprint density at radius 1 is 0.789 bits per heavy atom. The Bertz CT molecular complexity index is 537. The van der Waals surface area contributed by atoms with E-state index >= 15 is 0 Å². The minimum absolute atomic E-state index is 0.145. The third kappa shape index (κ3) is 4.51. The normalized spacial score (nSPS) is 12.5. The van der Waals surface area contributed by atoms with E-state index in [2.05, 4.69) is 91.2 Å². The predicted molar refractivity (Wildman–Crippen MR) is 85.8 cm³/mol. The van der Waals surface area contributed by atoms with Crippen LogP contribution in [0, 0.1) is 5.92 Å². The molecule has 1 radical (unpaired) electrons. The number of benzene rings is 2. The molecule has 0 aliphatic heterocycles. The monoisotopic (exact) mass is 453 g/mol. The molecule has 0 unspecified atom stereocenters. The Morgan fingerprint density at radius 2 is 1.42 bits per heavy atom. The van der Waals surface area contributed by atoms with Crippen LogP contribution in [0.4, 0.5) is 0 Å². The maximum atomic E-state index is 3.23. The van der Waals surface area contributed by atoms with Gasteiger partial charge in [0.05, 0.1) is 0 Å². The van der Waals surface area contributed by atoms with Crippen molar-refractivity contribution in [2.24, 2.45) is 0 Å². The number of hydrogen-bond donors (Lipinski definition) is 0.